The topological polar surface area (TPSA) is 67.6 Å². The number of halogens is 2. The molecule has 0 saturated carbocycles. The van der Waals surface area contributed by atoms with E-state index in [1.165, 1.54) is 6.07 Å². The molecule has 0 atom stereocenters. The van der Waals surface area contributed by atoms with Gasteiger partial charge in [-0.3, -0.25) is 4.79 Å². The Morgan fingerprint density at radius 1 is 1.58 bits per heavy atom. The van der Waals surface area contributed by atoms with E-state index in [9.17, 15) is 9.18 Å². The van der Waals surface area contributed by atoms with Crippen LogP contribution in [0.1, 0.15) is 0 Å². The number of rotatable bonds is 6. The highest BCUT2D eigenvalue weighted by Crippen LogP contribution is 2.28. The lowest BCUT2D eigenvalue weighted by Gasteiger charge is -2.21. The number of nitrogens with zero attached hydrogens (tertiary/aromatic N) is 1. The van der Waals surface area contributed by atoms with Crippen molar-refractivity contribution < 1.29 is 13.9 Å². The van der Waals surface area contributed by atoms with E-state index in [4.69, 9.17) is 10.5 Å². The summed E-state index contributed by atoms with van der Waals surface area (Å²) in [5.74, 6) is -0.585. The lowest BCUT2D eigenvalue weighted by atomic mass is 10.2. The van der Waals surface area contributed by atoms with Gasteiger partial charge in [0, 0.05) is 26.8 Å². The fourth-order valence-corrected chi connectivity index (χ4v) is 1.86. The van der Waals surface area contributed by atoms with Gasteiger partial charge in [0.15, 0.2) is 0 Å². The summed E-state index contributed by atoms with van der Waals surface area (Å²) >= 11 is 3.09. The molecular formula is C12H17BrFN3O2. The number of nitrogen functional groups attached to an aromatic ring is 1. The zero-order chi connectivity index (χ0) is 14.4. The van der Waals surface area contributed by atoms with E-state index in [0.717, 1.165) is 0 Å². The molecule has 0 aromatic heterocycles. The summed E-state index contributed by atoms with van der Waals surface area (Å²) in [5, 5.41) is 2.70. The number of nitrogens with one attached hydrogen (secondary N) is 1. The molecule has 0 aliphatic carbocycles. The van der Waals surface area contributed by atoms with Gasteiger partial charge in [-0.1, -0.05) is 0 Å². The molecule has 1 amide bonds. The number of hydrogen-bond acceptors (Lipinski definition) is 4. The predicted molar refractivity (Wildman–Crippen MR) is 76.7 cm³/mol. The molecule has 0 fully saturated rings. The number of anilines is 2. The van der Waals surface area contributed by atoms with Crippen molar-refractivity contribution in [2.24, 2.45) is 0 Å². The second-order valence-corrected chi connectivity index (χ2v) is 4.88. The number of benzene rings is 1. The molecule has 0 bridgehead atoms. The third kappa shape index (κ3) is 4.68. The smallest absolute Gasteiger partial charge is 0.239 e. The van der Waals surface area contributed by atoms with Gasteiger partial charge in [-0.25, -0.2) is 4.39 Å². The second-order valence-electron chi connectivity index (χ2n) is 4.02. The molecule has 0 saturated heterocycles. The predicted octanol–water partition coefficient (Wildman–Crippen LogP) is 1.37. The van der Waals surface area contributed by atoms with E-state index < -0.39 is 5.82 Å². The van der Waals surface area contributed by atoms with Gasteiger partial charge in [-0.15, -0.1) is 0 Å². The van der Waals surface area contributed by atoms with Crippen LogP contribution in [0.4, 0.5) is 15.8 Å². The van der Waals surface area contributed by atoms with Crippen molar-refractivity contribution in [3.8, 4) is 0 Å². The molecule has 1 aromatic rings. The molecule has 0 spiro atoms. The van der Waals surface area contributed by atoms with Gasteiger partial charge in [0.1, 0.15) is 5.82 Å². The summed E-state index contributed by atoms with van der Waals surface area (Å²) in [6.45, 7) is 1.04. The zero-order valence-corrected chi connectivity index (χ0v) is 12.5. The van der Waals surface area contributed by atoms with Crippen molar-refractivity contribution >= 4 is 33.2 Å². The van der Waals surface area contributed by atoms with Gasteiger partial charge >= 0.3 is 0 Å². The summed E-state index contributed by atoms with van der Waals surface area (Å²) < 4.78 is 18.4. The van der Waals surface area contributed by atoms with Crippen LogP contribution in [0.15, 0.2) is 16.6 Å². The summed E-state index contributed by atoms with van der Waals surface area (Å²) in [5.41, 5.74) is 6.61. The molecule has 19 heavy (non-hydrogen) atoms. The Morgan fingerprint density at radius 2 is 2.26 bits per heavy atom. The normalized spacial score (nSPS) is 10.3. The fraction of sp³-hybridized carbons (Fsp3) is 0.417. The third-order valence-corrected chi connectivity index (χ3v) is 3.10. The maximum Gasteiger partial charge on any atom is 0.239 e. The Bertz CT molecular complexity index is 457. The molecule has 0 aliphatic rings. The lowest BCUT2D eigenvalue weighted by molar-refractivity contribution is -0.119. The van der Waals surface area contributed by atoms with E-state index in [1.54, 1.807) is 25.1 Å². The number of carbonyl (C=O) groups is 1. The third-order valence-electron chi connectivity index (χ3n) is 2.49. The molecular weight excluding hydrogens is 317 g/mol. The van der Waals surface area contributed by atoms with E-state index in [1.807, 2.05) is 0 Å². The monoisotopic (exact) mass is 333 g/mol. The maximum atomic E-state index is 13.3. The molecule has 1 rings (SSSR count). The number of methoxy groups -OCH3 is 1. The largest absolute Gasteiger partial charge is 0.397 e. The minimum absolute atomic E-state index is 0.131. The number of ether oxygens (including phenoxy) is 1. The fourth-order valence-electron chi connectivity index (χ4n) is 1.53. The highest BCUT2D eigenvalue weighted by Gasteiger charge is 2.12. The molecule has 5 nitrogen and oxygen atoms in total. The molecule has 106 valence electrons. The first-order valence-corrected chi connectivity index (χ1v) is 6.46. The van der Waals surface area contributed by atoms with Crippen LogP contribution in [0.5, 0.6) is 0 Å². The van der Waals surface area contributed by atoms with Gasteiger partial charge in [-0.05, 0) is 22.0 Å². The number of nitrogens with two attached hydrogens (primary N) is 1. The van der Waals surface area contributed by atoms with Crippen LogP contribution in [0.2, 0.25) is 0 Å². The SMILES string of the molecule is COCCNC(=O)CN(C)c1cc(Br)c(F)cc1N. The summed E-state index contributed by atoms with van der Waals surface area (Å²) in [6, 6.07) is 2.77. The molecule has 1 aromatic carbocycles. The summed E-state index contributed by atoms with van der Waals surface area (Å²) in [6.07, 6.45) is 0. The van der Waals surface area contributed by atoms with Gasteiger partial charge < -0.3 is 20.7 Å². The first-order valence-electron chi connectivity index (χ1n) is 5.67. The standard InChI is InChI=1S/C12H17BrFN3O2/c1-17(7-12(18)16-3-4-19-2)11-5-8(13)9(14)6-10(11)15/h5-6H,3-4,7,15H2,1-2H3,(H,16,18). The minimum atomic E-state index is -0.431. The van der Waals surface area contributed by atoms with Crippen molar-refractivity contribution in [1.29, 1.82) is 0 Å². The quantitative estimate of drug-likeness (QED) is 0.609. The van der Waals surface area contributed by atoms with Crippen LogP contribution < -0.4 is 16.0 Å². The van der Waals surface area contributed by atoms with E-state index in [0.29, 0.717) is 23.3 Å². The maximum absolute atomic E-state index is 13.3. The number of hydrogen-bond donors (Lipinski definition) is 2. The molecule has 3 N–H and O–H groups in total. The first kappa shape index (κ1) is 15.7. The Kier molecular flexibility index (Phi) is 6.04. The number of carbonyl (C=O) groups excluding carboxylic acids is 1. The molecule has 0 heterocycles. The van der Waals surface area contributed by atoms with Crippen molar-refractivity contribution in [3.05, 3.63) is 22.4 Å². The van der Waals surface area contributed by atoms with E-state index in [2.05, 4.69) is 21.2 Å². The first-order chi connectivity index (χ1) is 8.95. The minimum Gasteiger partial charge on any atom is -0.397 e. The van der Waals surface area contributed by atoms with Crippen LogP contribution in [0.3, 0.4) is 0 Å². The van der Waals surface area contributed by atoms with Gasteiger partial charge in [0.05, 0.1) is 29.0 Å². The number of amides is 1. The Morgan fingerprint density at radius 3 is 2.89 bits per heavy atom. The van der Waals surface area contributed by atoms with Crippen molar-refractivity contribution in [1.82, 2.24) is 5.32 Å². The van der Waals surface area contributed by atoms with Gasteiger partial charge in [-0.2, -0.15) is 0 Å². The van der Waals surface area contributed by atoms with E-state index in [-0.39, 0.29) is 18.1 Å². The second kappa shape index (κ2) is 7.30. The molecule has 0 unspecified atom stereocenters. The van der Waals surface area contributed by atoms with Crippen molar-refractivity contribution in [2.75, 3.05) is 44.5 Å². The van der Waals surface area contributed by atoms with E-state index >= 15 is 0 Å². The summed E-state index contributed by atoms with van der Waals surface area (Å²) in [4.78, 5) is 13.3. The molecule has 0 radical (unpaired) electrons. The van der Waals surface area contributed by atoms with Crippen LogP contribution in [0, 0.1) is 5.82 Å². The molecule has 7 heteroatoms. The van der Waals surface area contributed by atoms with Gasteiger partial charge in [0.2, 0.25) is 5.91 Å². The van der Waals surface area contributed by atoms with Crippen molar-refractivity contribution in [3.63, 3.8) is 0 Å². The molecule has 0 aliphatic heterocycles. The zero-order valence-electron chi connectivity index (χ0n) is 10.9. The highest BCUT2D eigenvalue weighted by molar-refractivity contribution is 9.10. The Labute approximate surface area is 120 Å². The van der Waals surface area contributed by atoms with Crippen molar-refractivity contribution in [2.45, 2.75) is 0 Å². The Balaban J connectivity index is 2.65. The van der Waals surface area contributed by atoms with Crippen LogP contribution in [0.25, 0.3) is 0 Å². The van der Waals surface area contributed by atoms with Crippen LogP contribution in [-0.2, 0) is 9.53 Å². The highest BCUT2D eigenvalue weighted by atomic mass is 79.9. The number of likely N-dealkylation sites (N-methyl/N-ethyl adjacent to an activating group) is 1. The lowest BCUT2D eigenvalue weighted by Crippen LogP contribution is -2.36. The summed E-state index contributed by atoms with van der Waals surface area (Å²) in [7, 11) is 3.28. The van der Waals surface area contributed by atoms with Crippen LogP contribution in [-0.4, -0.2) is 39.8 Å². The average Bonchev–Trinajstić information content (AvgIpc) is 2.34. The van der Waals surface area contributed by atoms with Crippen LogP contribution >= 0.6 is 15.9 Å². The average molecular weight is 334 g/mol. The Hall–Kier alpha value is -1.34. The van der Waals surface area contributed by atoms with Gasteiger partial charge in [0.25, 0.3) is 0 Å².